The minimum Gasteiger partial charge on any atom is -0.444 e. The van der Waals surface area contributed by atoms with Gasteiger partial charge in [-0.3, -0.25) is 19.8 Å². The van der Waals surface area contributed by atoms with Gasteiger partial charge in [0.15, 0.2) is 0 Å². The molecule has 0 spiro atoms. The average molecular weight is 1070 g/mol. The van der Waals surface area contributed by atoms with Gasteiger partial charge >= 0.3 is 12.2 Å². The molecule has 2 fully saturated rings. The highest BCUT2D eigenvalue weighted by Gasteiger charge is 2.42. The number of aromatic nitrogens is 6. The molecule has 0 saturated carbocycles. The first-order chi connectivity index (χ1) is 35.9. The minimum atomic E-state index is -1.35. The quantitative estimate of drug-likeness (QED) is 0.162. The average Bonchev–Trinajstić information content (AvgIpc) is 3.99. The number of halogens is 2. The largest absolute Gasteiger partial charge is 0.444 e. The van der Waals surface area contributed by atoms with Gasteiger partial charge in [0.1, 0.15) is 22.4 Å². The Kier molecular flexibility index (Phi) is 15.2. The normalized spacial score (nSPS) is 19.6. The van der Waals surface area contributed by atoms with Gasteiger partial charge in [-0.1, -0.05) is 47.5 Å². The van der Waals surface area contributed by atoms with Crippen LogP contribution in [-0.4, -0.2) is 135 Å². The third-order valence-corrected chi connectivity index (χ3v) is 14.9. The molecule has 4 aliphatic rings. The van der Waals surface area contributed by atoms with Crippen LogP contribution in [0.4, 0.5) is 9.59 Å². The Bertz CT molecular complexity index is 2980. The lowest BCUT2D eigenvalue weighted by molar-refractivity contribution is 0.0108. The number of aliphatic hydroxyl groups is 2. The molecule has 2 aromatic carbocycles. The SMILES string of the molecule is Cn1cncc1[C@@](C)(O)C1=Cc2cccnc2[C@@H](N2CCN(C(=O)OC(C)(C)C)CC2)c2ccc(Cl)cc21.Cn1cncc1[C@](C)(O)C1=Cc2cccnc2[C@@H](N2CCN(C(=O)OC(C)(C)C)CC2)c2ccc(Cl)cc21. The van der Waals surface area contributed by atoms with E-state index in [1.807, 2.05) is 138 Å². The Balaban J connectivity index is 0.000000186. The minimum absolute atomic E-state index is 0.185. The van der Waals surface area contributed by atoms with Gasteiger partial charge in [-0.2, -0.15) is 0 Å². The summed E-state index contributed by atoms with van der Waals surface area (Å²) in [6, 6.07) is 19.2. The first-order valence-corrected chi connectivity index (χ1v) is 26.4. The zero-order chi connectivity index (χ0) is 54.5. The summed E-state index contributed by atoms with van der Waals surface area (Å²) in [5.74, 6) is 0. The van der Waals surface area contributed by atoms with Gasteiger partial charge in [0.25, 0.3) is 0 Å². The van der Waals surface area contributed by atoms with Crippen LogP contribution in [0.1, 0.15) is 124 Å². The van der Waals surface area contributed by atoms with Gasteiger partial charge in [-0.05, 0) is 148 Å². The molecule has 76 heavy (non-hydrogen) atoms. The highest BCUT2D eigenvalue weighted by Crippen LogP contribution is 2.48. The van der Waals surface area contributed by atoms with Gasteiger partial charge in [0.05, 0.1) is 59.9 Å². The molecule has 10 rings (SSSR count). The second-order valence-corrected chi connectivity index (χ2v) is 23.1. The number of rotatable bonds is 6. The van der Waals surface area contributed by atoms with E-state index < -0.39 is 22.4 Å². The number of amides is 2. The molecule has 4 aromatic heterocycles. The van der Waals surface area contributed by atoms with Gasteiger partial charge in [0.2, 0.25) is 0 Å². The molecule has 2 saturated heterocycles. The van der Waals surface area contributed by atoms with Crippen LogP contribution in [0.15, 0.2) is 98.1 Å². The van der Waals surface area contributed by atoms with Crippen molar-refractivity contribution in [2.75, 3.05) is 52.4 Å². The molecule has 2 amide bonds. The number of fused-ring (bicyclic) bond motifs is 4. The number of aryl methyl sites for hydroxylation is 2. The number of carbonyl (C=O) groups is 2. The van der Waals surface area contributed by atoms with E-state index in [1.54, 1.807) is 61.1 Å². The Hall–Kier alpha value is -6.40. The highest BCUT2D eigenvalue weighted by atomic mass is 35.5. The lowest BCUT2D eigenvalue weighted by Crippen LogP contribution is -2.51. The Morgan fingerprint density at radius 2 is 0.934 bits per heavy atom. The number of hydrogen-bond acceptors (Lipinski definition) is 12. The van der Waals surface area contributed by atoms with Crippen molar-refractivity contribution in [3.8, 4) is 0 Å². The number of nitrogens with zero attached hydrogens (tertiary/aromatic N) is 10. The Labute approximate surface area is 455 Å². The summed E-state index contributed by atoms with van der Waals surface area (Å²) < 4.78 is 14.9. The molecule has 0 bridgehead atoms. The summed E-state index contributed by atoms with van der Waals surface area (Å²) in [4.78, 5) is 51.7. The van der Waals surface area contributed by atoms with E-state index >= 15 is 0 Å². The molecule has 0 unspecified atom stereocenters. The van der Waals surface area contributed by atoms with Crippen molar-refractivity contribution in [1.29, 1.82) is 0 Å². The summed E-state index contributed by atoms with van der Waals surface area (Å²) in [7, 11) is 3.74. The van der Waals surface area contributed by atoms with Crippen LogP contribution in [0, 0.1) is 0 Å². The number of hydrogen-bond donors (Lipinski definition) is 2. The van der Waals surface area contributed by atoms with Crippen molar-refractivity contribution < 1.29 is 29.3 Å². The third-order valence-electron chi connectivity index (χ3n) is 14.4. The molecule has 6 aromatic rings. The smallest absolute Gasteiger partial charge is 0.410 e. The molecule has 400 valence electrons. The first kappa shape index (κ1) is 54.4. The number of benzene rings is 2. The van der Waals surface area contributed by atoms with E-state index in [4.69, 9.17) is 42.6 Å². The molecule has 2 N–H and O–H groups in total. The second-order valence-electron chi connectivity index (χ2n) is 22.3. The van der Waals surface area contributed by atoms with Crippen molar-refractivity contribution in [3.63, 3.8) is 0 Å². The summed E-state index contributed by atoms with van der Waals surface area (Å²) in [5.41, 5.74) is 6.42. The molecule has 2 aliphatic carbocycles. The summed E-state index contributed by atoms with van der Waals surface area (Å²) >= 11 is 13.1. The Morgan fingerprint density at radius 1 is 0.566 bits per heavy atom. The lowest BCUT2D eigenvalue weighted by Gasteiger charge is -2.40. The Morgan fingerprint density at radius 3 is 1.26 bits per heavy atom. The highest BCUT2D eigenvalue weighted by molar-refractivity contribution is 6.31. The van der Waals surface area contributed by atoms with Gasteiger partial charge in [-0.25, -0.2) is 19.6 Å². The molecule has 0 radical (unpaired) electrons. The van der Waals surface area contributed by atoms with Crippen LogP contribution in [0.3, 0.4) is 0 Å². The first-order valence-electron chi connectivity index (χ1n) is 25.7. The number of imidazole rings is 2. The molecule has 2 aliphatic heterocycles. The van der Waals surface area contributed by atoms with Crippen LogP contribution in [-0.2, 0) is 34.8 Å². The van der Waals surface area contributed by atoms with Crippen LogP contribution in [0.25, 0.3) is 23.3 Å². The van der Waals surface area contributed by atoms with Crippen LogP contribution in [0.5, 0.6) is 0 Å². The van der Waals surface area contributed by atoms with E-state index in [9.17, 15) is 19.8 Å². The number of carbonyl (C=O) groups excluding carboxylic acids is 2. The fourth-order valence-electron chi connectivity index (χ4n) is 10.8. The monoisotopic (exact) mass is 1070 g/mol. The van der Waals surface area contributed by atoms with Crippen molar-refractivity contribution >= 4 is 58.7 Å². The summed E-state index contributed by atoms with van der Waals surface area (Å²) in [5, 5.41) is 25.2. The fourth-order valence-corrected chi connectivity index (χ4v) is 11.1. The standard InChI is InChI=1S/2C29H34ClN5O3/c2*1-28(2,3)38-27(36)35-13-11-34(12-14-35)26-21-9-8-20(30)16-22(21)23(15-19-7-6-10-32-25(19)26)29(4,37)24-17-31-18-33(24)5/h2*6-10,15-18,26,37H,11-14H2,1-5H3/t26-,29+;26-,29-/m00/s1. The van der Waals surface area contributed by atoms with Gasteiger partial charge in [0, 0.05) is 88.9 Å². The maximum atomic E-state index is 12.7. The zero-order valence-electron chi connectivity index (χ0n) is 45.0. The van der Waals surface area contributed by atoms with Crippen molar-refractivity contribution in [3.05, 3.63) is 164 Å². The maximum Gasteiger partial charge on any atom is 0.410 e. The number of pyridine rings is 2. The fraction of sp³-hybridized carbons (Fsp3) is 0.414. The molecular weight excluding hydrogens is 1000 g/mol. The molecule has 6 heterocycles. The number of ether oxygens (including phenoxy) is 2. The zero-order valence-corrected chi connectivity index (χ0v) is 46.5. The van der Waals surface area contributed by atoms with Crippen molar-refractivity contribution in [1.82, 2.24) is 48.7 Å². The van der Waals surface area contributed by atoms with E-state index in [-0.39, 0.29) is 24.3 Å². The number of piperazine rings is 2. The van der Waals surface area contributed by atoms with Crippen LogP contribution >= 0.6 is 23.2 Å². The van der Waals surface area contributed by atoms with E-state index in [0.29, 0.717) is 73.8 Å². The molecular formula is C58H68Cl2N10O6. The second kappa shape index (κ2) is 21.2. The van der Waals surface area contributed by atoms with E-state index in [2.05, 4.69) is 19.8 Å². The van der Waals surface area contributed by atoms with Crippen molar-refractivity contribution in [2.24, 2.45) is 14.1 Å². The van der Waals surface area contributed by atoms with E-state index in [0.717, 1.165) is 55.9 Å². The third kappa shape index (κ3) is 11.2. The predicted octanol–water partition coefficient (Wildman–Crippen LogP) is 9.74. The van der Waals surface area contributed by atoms with Crippen LogP contribution < -0.4 is 0 Å². The topological polar surface area (TPSA) is 167 Å². The van der Waals surface area contributed by atoms with E-state index in [1.165, 1.54) is 0 Å². The van der Waals surface area contributed by atoms with Gasteiger partial charge < -0.3 is 38.6 Å². The lowest BCUT2D eigenvalue weighted by atomic mass is 9.84. The summed E-state index contributed by atoms with van der Waals surface area (Å²) in [6.07, 6.45) is 13.8. The molecule has 16 nitrogen and oxygen atoms in total. The van der Waals surface area contributed by atoms with Crippen LogP contribution in [0.2, 0.25) is 10.0 Å². The predicted molar refractivity (Wildman–Crippen MR) is 295 cm³/mol. The summed E-state index contributed by atoms with van der Waals surface area (Å²) in [6.45, 7) is 19.6. The molecule has 18 heteroatoms. The van der Waals surface area contributed by atoms with Crippen molar-refractivity contribution in [2.45, 2.75) is 89.9 Å². The maximum absolute atomic E-state index is 12.7. The molecule has 4 atom stereocenters. The van der Waals surface area contributed by atoms with Gasteiger partial charge in [-0.15, -0.1) is 0 Å².